The maximum Gasteiger partial charge on any atom is 0.319 e. The van der Waals surface area contributed by atoms with Gasteiger partial charge >= 0.3 is 6.03 Å². The van der Waals surface area contributed by atoms with E-state index in [-0.39, 0.29) is 12.1 Å². The normalized spacial score (nSPS) is 12.0. The lowest BCUT2D eigenvalue weighted by Crippen LogP contribution is -2.36. The molecule has 2 aromatic rings. The highest BCUT2D eigenvalue weighted by molar-refractivity contribution is 7.10. The Morgan fingerprint density at radius 3 is 2.57 bits per heavy atom. The maximum absolute atomic E-state index is 12.1. The van der Waals surface area contributed by atoms with E-state index in [1.807, 2.05) is 56.7 Å². The standard InChI is InChI=1S/C17H23N3O2S/c1-4-22-14-9-7-13(8-10-14)19-17(21)18-12-15(20(2)3)16-6-5-11-23-16/h5-11,15H,4,12H2,1-3H3,(H2,18,19,21)/t15-/m1/s1. The minimum atomic E-state index is -0.211. The lowest BCUT2D eigenvalue weighted by molar-refractivity contribution is 0.244. The van der Waals surface area contributed by atoms with Crippen LogP contribution in [0.1, 0.15) is 17.8 Å². The first-order valence-corrected chi connectivity index (χ1v) is 8.45. The highest BCUT2D eigenvalue weighted by Crippen LogP contribution is 2.22. The number of likely N-dealkylation sites (N-methyl/N-ethyl adjacent to an activating group) is 1. The summed E-state index contributed by atoms with van der Waals surface area (Å²) in [5.41, 5.74) is 0.739. The average Bonchev–Trinajstić information content (AvgIpc) is 3.03. The van der Waals surface area contributed by atoms with Crippen LogP contribution in [0.4, 0.5) is 10.5 Å². The molecule has 0 spiro atoms. The lowest BCUT2D eigenvalue weighted by Gasteiger charge is -2.23. The molecule has 0 aliphatic carbocycles. The molecule has 0 aliphatic heterocycles. The number of anilines is 1. The molecule has 1 aromatic carbocycles. The summed E-state index contributed by atoms with van der Waals surface area (Å²) in [4.78, 5) is 15.4. The molecule has 2 amide bonds. The molecular weight excluding hydrogens is 310 g/mol. The van der Waals surface area contributed by atoms with E-state index in [0.717, 1.165) is 11.4 Å². The number of ether oxygens (including phenoxy) is 1. The van der Waals surface area contributed by atoms with Crippen LogP contribution in [0.15, 0.2) is 41.8 Å². The molecular formula is C17H23N3O2S. The second-order valence-corrected chi connectivity index (χ2v) is 6.27. The van der Waals surface area contributed by atoms with Crippen molar-refractivity contribution in [1.82, 2.24) is 10.2 Å². The van der Waals surface area contributed by atoms with Gasteiger partial charge in [-0.3, -0.25) is 0 Å². The highest BCUT2D eigenvalue weighted by Gasteiger charge is 2.16. The Hall–Kier alpha value is -2.05. The summed E-state index contributed by atoms with van der Waals surface area (Å²) >= 11 is 1.69. The van der Waals surface area contributed by atoms with E-state index in [0.29, 0.717) is 13.2 Å². The average molecular weight is 333 g/mol. The molecule has 0 aliphatic rings. The fourth-order valence-electron chi connectivity index (χ4n) is 2.18. The second-order valence-electron chi connectivity index (χ2n) is 5.29. The fourth-order valence-corrected chi connectivity index (χ4v) is 3.11. The minimum Gasteiger partial charge on any atom is -0.494 e. The molecule has 0 saturated heterocycles. The maximum atomic E-state index is 12.1. The molecule has 1 heterocycles. The Kier molecular flexibility index (Phi) is 6.43. The van der Waals surface area contributed by atoms with Crippen LogP contribution in [0.5, 0.6) is 5.75 Å². The first kappa shape index (κ1) is 17.3. The Labute approximate surface area is 141 Å². The van der Waals surface area contributed by atoms with Crippen LogP contribution in [0.3, 0.4) is 0 Å². The Morgan fingerprint density at radius 2 is 2.00 bits per heavy atom. The second kappa shape index (κ2) is 8.55. The summed E-state index contributed by atoms with van der Waals surface area (Å²) in [5.74, 6) is 0.795. The number of nitrogens with one attached hydrogen (secondary N) is 2. The number of urea groups is 1. The van der Waals surface area contributed by atoms with Gasteiger partial charge in [0.2, 0.25) is 0 Å². The SMILES string of the molecule is CCOc1ccc(NC(=O)NC[C@H](c2cccs2)N(C)C)cc1. The van der Waals surface area contributed by atoms with Crippen molar-refractivity contribution < 1.29 is 9.53 Å². The van der Waals surface area contributed by atoms with Crippen LogP contribution < -0.4 is 15.4 Å². The van der Waals surface area contributed by atoms with Crippen LogP contribution in [0, 0.1) is 0 Å². The zero-order valence-corrected chi connectivity index (χ0v) is 14.5. The largest absolute Gasteiger partial charge is 0.494 e. The molecule has 0 unspecified atom stereocenters. The zero-order valence-electron chi connectivity index (χ0n) is 13.7. The quantitative estimate of drug-likeness (QED) is 0.814. The van der Waals surface area contributed by atoms with Crippen molar-refractivity contribution in [3.63, 3.8) is 0 Å². The third-order valence-corrected chi connectivity index (χ3v) is 4.35. The molecule has 124 valence electrons. The number of hydrogen-bond donors (Lipinski definition) is 2. The Morgan fingerprint density at radius 1 is 1.26 bits per heavy atom. The summed E-state index contributed by atoms with van der Waals surface area (Å²) in [7, 11) is 4.02. The van der Waals surface area contributed by atoms with Crippen LogP contribution in [-0.4, -0.2) is 38.2 Å². The van der Waals surface area contributed by atoms with Crippen LogP contribution >= 0.6 is 11.3 Å². The van der Waals surface area contributed by atoms with Gasteiger partial charge in [0.15, 0.2) is 0 Å². The number of thiophene rings is 1. The molecule has 0 saturated carbocycles. The molecule has 0 fully saturated rings. The monoisotopic (exact) mass is 333 g/mol. The summed E-state index contributed by atoms with van der Waals surface area (Å²) < 4.78 is 5.38. The van der Waals surface area contributed by atoms with E-state index >= 15 is 0 Å². The third-order valence-electron chi connectivity index (χ3n) is 3.37. The van der Waals surface area contributed by atoms with Crippen LogP contribution in [0.25, 0.3) is 0 Å². The molecule has 6 heteroatoms. The van der Waals surface area contributed by atoms with E-state index < -0.39 is 0 Å². The van der Waals surface area contributed by atoms with Gasteiger partial charge in [-0.2, -0.15) is 0 Å². The molecule has 5 nitrogen and oxygen atoms in total. The lowest BCUT2D eigenvalue weighted by atomic mass is 10.2. The fraction of sp³-hybridized carbons (Fsp3) is 0.353. The van der Waals surface area contributed by atoms with E-state index in [9.17, 15) is 4.79 Å². The third kappa shape index (κ3) is 5.26. The number of benzene rings is 1. The number of nitrogens with zero attached hydrogens (tertiary/aromatic N) is 1. The highest BCUT2D eigenvalue weighted by atomic mass is 32.1. The summed E-state index contributed by atoms with van der Waals surface area (Å²) in [5, 5.41) is 7.80. The van der Waals surface area contributed by atoms with Gasteiger partial charge in [-0.25, -0.2) is 4.79 Å². The number of amides is 2. The van der Waals surface area contributed by atoms with Crippen molar-refractivity contribution in [2.24, 2.45) is 0 Å². The predicted molar refractivity (Wildman–Crippen MR) is 95.4 cm³/mol. The van der Waals surface area contributed by atoms with Gasteiger partial charge in [0.05, 0.1) is 12.6 Å². The van der Waals surface area contributed by atoms with Crippen molar-refractivity contribution >= 4 is 23.1 Å². The first-order valence-electron chi connectivity index (χ1n) is 7.57. The van der Waals surface area contributed by atoms with Crippen molar-refractivity contribution in [3.8, 4) is 5.75 Å². The first-order chi connectivity index (χ1) is 11.1. The summed E-state index contributed by atoms with van der Waals surface area (Å²) in [6.45, 7) is 3.12. The number of carbonyl (C=O) groups is 1. The van der Waals surface area contributed by atoms with E-state index in [1.165, 1.54) is 4.88 Å². The zero-order chi connectivity index (χ0) is 16.7. The number of hydrogen-bond acceptors (Lipinski definition) is 4. The van der Waals surface area contributed by atoms with Gasteiger partial charge in [-0.15, -0.1) is 11.3 Å². The summed E-state index contributed by atoms with van der Waals surface area (Å²) in [6.07, 6.45) is 0. The van der Waals surface area contributed by atoms with Gasteiger partial charge in [-0.1, -0.05) is 6.07 Å². The van der Waals surface area contributed by atoms with Crippen LogP contribution in [-0.2, 0) is 0 Å². The van der Waals surface area contributed by atoms with Gasteiger partial charge in [0, 0.05) is 17.1 Å². The van der Waals surface area contributed by atoms with Crippen molar-refractivity contribution in [1.29, 1.82) is 0 Å². The van der Waals surface area contributed by atoms with Gasteiger partial charge < -0.3 is 20.3 Å². The molecule has 23 heavy (non-hydrogen) atoms. The van der Waals surface area contributed by atoms with Gasteiger partial charge in [0.1, 0.15) is 5.75 Å². The topological polar surface area (TPSA) is 53.6 Å². The number of rotatable bonds is 7. The van der Waals surface area contributed by atoms with E-state index in [1.54, 1.807) is 11.3 Å². The van der Waals surface area contributed by atoms with Gasteiger partial charge in [0.25, 0.3) is 0 Å². The van der Waals surface area contributed by atoms with E-state index in [4.69, 9.17) is 4.74 Å². The van der Waals surface area contributed by atoms with E-state index in [2.05, 4.69) is 21.6 Å². The molecule has 0 radical (unpaired) electrons. The molecule has 2 rings (SSSR count). The van der Waals surface area contributed by atoms with Crippen molar-refractivity contribution in [2.75, 3.05) is 32.6 Å². The molecule has 2 N–H and O–H groups in total. The Balaban J connectivity index is 1.86. The molecule has 1 aromatic heterocycles. The molecule has 1 atom stereocenters. The smallest absolute Gasteiger partial charge is 0.319 e. The molecule has 0 bridgehead atoms. The number of carbonyl (C=O) groups excluding carboxylic acids is 1. The van der Waals surface area contributed by atoms with Crippen molar-refractivity contribution in [3.05, 3.63) is 46.7 Å². The van der Waals surface area contributed by atoms with Gasteiger partial charge in [-0.05, 0) is 56.7 Å². The Bertz CT molecular complexity index is 597. The summed E-state index contributed by atoms with van der Waals surface area (Å²) in [6, 6.07) is 11.4. The predicted octanol–water partition coefficient (Wildman–Crippen LogP) is 3.57. The minimum absolute atomic E-state index is 0.168. The van der Waals surface area contributed by atoms with Crippen LogP contribution in [0.2, 0.25) is 0 Å². The van der Waals surface area contributed by atoms with Crippen molar-refractivity contribution in [2.45, 2.75) is 13.0 Å².